The van der Waals surface area contributed by atoms with Crippen LogP contribution in [0.15, 0.2) is 65.0 Å². The Morgan fingerprint density at radius 2 is 1.94 bits per heavy atom. The number of carbonyl (C=O) groups is 1. The van der Waals surface area contributed by atoms with Crippen molar-refractivity contribution in [2.24, 2.45) is 16.6 Å². The number of allylic oxidation sites excluding steroid dienone is 1. The van der Waals surface area contributed by atoms with Gasteiger partial charge in [-0.15, -0.1) is 24.9 Å². The summed E-state index contributed by atoms with van der Waals surface area (Å²) >= 11 is 1.53. The van der Waals surface area contributed by atoms with E-state index in [4.69, 9.17) is 10.7 Å². The summed E-state index contributed by atoms with van der Waals surface area (Å²) < 4.78 is 42.0. The van der Waals surface area contributed by atoms with Gasteiger partial charge in [0.1, 0.15) is 5.75 Å². The predicted molar refractivity (Wildman–Crippen MR) is 124 cm³/mol. The average Bonchev–Trinajstić information content (AvgIpc) is 3.26. The largest absolute Gasteiger partial charge is 0.573 e. The Kier molecular flexibility index (Phi) is 6.18. The number of thioether (sulfide) groups is 1. The van der Waals surface area contributed by atoms with Crippen LogP contribution in [-0.2, 0) is 11.2 Å². The lowest BCUT2D eigenvalue weighted by Crippen LogP contribution is -2.59. The maximum atomic E-state index is 13.3. The molecule has 2 heterocycles. The van der Waals surface area contributed by atoms with Crippen molar-refractivity contribution in [2.75, 3.05) is 7.05 Å². The van der Waals surface area contributed by atoms with Gasteiger partial charge in [0, 0.05) is 12.3 Å². The number of halogens is 3. The molecular weight excluding hydrogens is 451 g/mol. The van der Waals surface area contributed by atoms with E-state index in [9.17, 15) is 18.0 Å². The molecule has 0 radical (unpaired) electrons. The third kappa shape index (κ3) is 4.88. The maximum Gasteiger partial charge on any atom is 0.573 e. The number of ether oxygens (including phenoxy) is 1. The molecule has 0 aromatic heterocycles. The first kappa shape index (κ1) is 23.2. The number of guanidine groups is 1. The van der Waals surface area contributed by atoms with Crippen LogP contribution in [0.25, 0.3) is 5.57 Å². The van der Waals surface area contributed by atoms with Crippen LogP contribution in [0.3, 0.4) is 0 Å². The minimum absolute atomic E-state index is 0.0940. The summed E-state index contributed by atoms with van der Waals surface area (Å²) in [4.78, 5) is 19.4. The number of hydrogen-bond donors (Lipinski definition) is 1. The highest BCUT2D eigenvalue weighted by molar-refractivity contribution is 8.03. The van der Waals surface area contributed by atoms with Crippen molar-refractivity contribution in [2.45, 2.75) is 36.9 Å². The molecule has 0 saturated heterocycles. The zero-order valence-electron chi connectivity index (χ0n) is 18.2. The number of hydrogen-bond acceptors (Lipinski definition) is 5. The number of alkyl halides is 3. The zero-order valence-corrected chi connectivity index (χ0v) is 19.0. The van der Waals surface area contributed by atoms with Gasteiger partial charge in [-0.3, -0.25) is 9.69 Å². The van der Waals surface area contributed by atoms with Crippen LogP contribution >= 0.6 is 11.8 Å². The Bertz CT molecular complexity index is 1100. The highest BCUT2D eigenvalue weighted by Gasteiger charge is 2.50. The zero-order chi connectivity index (χ0) is 23.8. The number of aliphatic imine (C=N–C) groups is 1. The van der Waals surface area contributed by atoms with E-state index < -0.39 is 17.8 Å². The molecule has 1 unspecified atom stereocenters. The lowest BCUT2D eigenvalue weighted by molar-refractivity contribution is -0.274. The number of nitrogens with two attached hydrogens (primary N) is 1. The number of carbonyl (C=O) groups excluding carboxylic acids is 1. The monoisotopic (exact) mass is 475 g/mol. The van der Waals surface area contributed by atoms with Gasteiger partial charge in [-0.05, 0) is 54.0 Å². The summed E-state index contributed by atoms with van der Waals surface area (Å²) in [5.74, 6) is -0.619. The Morgan fingerprint density at radius 1 is 1.21 bits per heavy atom. The normalized spacial score (nSPS) is 25.6. The SMILES string of the molecule is CN1C(=O)[C@H](Cc2ccccc2)[C@@](C)(C2CC(c3cccc(OC(F)(F)F)c3)=CS2)N=C1N. The van der Waals surface area contributed by atoms with Crippen LogP contribution in [0.5, 0.6) is 5.75 Å². The van der Waals surface area contributed by atoms with E-state index in [2.05, 4.69) is 4.74 Å². The lowest BCUT2D eigenvalue weighted by atomic mass is 9.75. The summed E-state index contributed by atoms with van der Waals surface area (Å²) in [5.41, 5.74) is 7.86. The molecule has 0 fully saturated rings. The van der Waals surface area contributed by atoms with Crippen LogP contribution in [0.1, 0.15) is 24.5 Å². The molecule has 2 aromatic rings. The minimum Gasteiger partial charge on any atom is -0.406 e. The summed E-state index contributed by atoms with van der Waals surface area (Å²) in [6.07, 6.45) is -3.70. The van der Waals surface area contributed by atoms with Crippen molar-refractivity contribution >= 4 is 29.2 Å². The van der Waals surface area contributed by atoms with Gasteiger partial charge >= 0.3 is 6.36 Å². The van der Waals surface area contributed by atoms with Crippen LogP contribution < -0.4 is 10.5 Å². The second-order valence-corrected chi connectivity index (χ2v) is 9.46. The van der Waals surface area contributed by atoms with E-state index >= 15 is 0 Å². The summed E-state index contributed by atoms with van der Waals surface area (Å²) in [5, 5.41) is 1.82. The molecule has 2 aromatic carbocycles. The molecule has 33 heavy (non-hydrogen) atoms. The van der Waals surface area contributed by atoms with Gasteiger partial charge in [-0.2, -0.15) is 0 Å². The van der Waals surface area contributed by atoms with Crippen molar-refractivity contribution in [1.82, 2.24) is 4.90 Å². The molecule has 0 aliphatic carbocycles. The highest BCUT2D eigenvalue weighted by Crippen LogP contribution is 2.48. The fraction of sp³-hybridized carbons (Fsp3) is 0.333. The summed E-state index contributed by atoms with van der Waals surface area (Å²) in [7, 11) is 1.62. The molecule has 3 atom stereocenters. The number of nitrogens with zero attached hydrogens (tertiary/aromatic N) is 2. The Hall–Kier alpha value is -2.94. The summed E-state index contributed by atoms with van der Waals surface area (Å²) in [6, 6.07) is 15.7. The number of rotatable bonds is 5. The molecule has 2 aliphatic rings. The highest BCUT2D eigenvalue weighted by atomic mass is 32.2. The van der Waals surface area contributed by atoms with E-state index in [1.54, 1.807) is 13.1 Å². The van der Waals surface area contributed by atoms with Crippen LogP contribution in [0.2, 0.25) is 0 Å². The predicted octanol–water partition coefficient (Wildman–Crippen LogP) is 4.84. The van der Waals surface area contributed by atoms with E-state index in [-0.39, 0.29) is 22.9 Å². The van der Waals surface area contributed by atoms with Gasteiger partial charge in [0.25, 0.3) is 0 Å². The van der Waals surface area contributed by atoms with Crippen LogP contribution in [0, 0.1) is 5.92 Å². The van der Waals surface area contributed by atoms with Crippen molar-refractivity contribution < 1.29 is 22.7 Å². The van der Waals surface area contributed by atoms with Crippen molar-refractivity contribution in [3.05, 3.63) is 71.1 Å². The molecule has 1 amide bonds. The lowest BCUT2D eigenvalue weighted by Gasteiger charge is -2.43. The van der Waals surface area contributed by atoms with Gasteiger partial charge in [0.15, 0.2) is 5.96 Å². The van der Waals surface area contributed by atoms with E-state index in [0.717, 1.165) is 11.1 Å². The van der Waals surface area contributed by atoms with Crippen LogP contribution in [0.4, 0.5) is 13.2 Å². The molecule has 0 saturated carbocycles. The van der Waals surface area contributed by atoms with Gasteiger partial charge in [0.05, 0.1) is 11.5 Å². The molecule has 2 N–H and O–H groups in total. The third-order valence-corrected chi connectivity index (χ3v) is 7.58. The smallest absolute Gasteiger partial charge is 0.406 e. The quantitative estimate of drug-likeness (QED) is 0.672. The molecule has 0 bridgehead atoms. The van der Waals surface area contributed by atoms with Gasteiger partial charge in [-0.25, -0.2) is 4.99 Å². The Balaban J connectivity index is 1.60. The van der Waals surface area contributed by atoms with Gasteiger partial charge in [0.2, 0.25) is 5.91 Å². The second-order valence-electron chi connectivity index (χ2n) is 8.38. The topological polar surface area (TPSA) is 67.9 Å². The second kappa shape index (κ2) is 8.78. The first-order chi connectivity index (χ1) is 15.6. The Labute approximate surface area is 194 Å². The van der Waals surface area contributed by atoms with E-state index in [1.807, 2.05) is 42.7 Å². The van der Waals surface area contributed by atoms with Crippen LogP contribution in [-0.4, -0.2) is 41.0 Å². The standard InChI is InChI=1S/C24H24F3N3O2S/c1-23(19(11-15-7-4-3-5-8-15)21(31)30(2)22(28)29-23)20-13-17(14-33-20)16-9-6-10-18(12-16)32-24(25,26)27/h3-10,12,14,19-20H,11,13H2,1-2H3,(H2,28,29)/t19-,20?,23-/m0/s1. The molecule has 5 nitrogen and oxygen atoms in total. The molecule has 9 heteroatoms. The summed E-state index contributed by atoms with van der Waals surface area (Å²) in [6.45, 7) is 1.94. The maximum absolute atomic E-state index is 13.3. The third-order valence-electron chi connectivity index (χ3n) is 6.19. The first-order valence-electron chi connectivity index (χ1n) is 10.4. The molecule has 2 aliphatic heterocycles. The number of amides is 1. The molecule has 0 spiro atoms. The van der Waals surface area contributed by atoms with Crippen molar-refractivity contribution in [3.8, 4) is 5.75 Å². The average molecular weight is 476 g/mol. The minimum atomic E-state index is -4.75. The van der Waals surface area contributed by atoms with E-state index in [1.165, 1.54) is 34.9 Å². The van der Waals surface area contributed by atoms with Crippen molar-refractivity contribution in [1.29, 1.82) is 0 Å². The van der Waals surface area contributed by atoms with Gasteiger partial charge < -0.3 is 10.5 Å². The van der Waals surface area contributed by atoms with Crippen molar-refractivity contribution in [3.63, 3.8) is 0 Å². The van der Waals surface area contributed by atoms with E-state index in [0.29, 0.717) is 18.4 Å². The fourth-order valence-electron chi connectivity index (χ4n) is 4.32. The molecule has 174 valence electrons. The molecule has 4 rings (SSSR count). The number of benzene rings is 2. The Morgan fingerprint density at radius 3 is 2.64 bits per heavy atom. The fourth-order valence-corrected chi connectivity index (χ4v) is 5.65. The first-order valence-corrected chi connectivity index (χ1v) is 11.4. The molecular formula is C24H24F3N3O2S. The van der Waals surface area contributed by atoms with Gasteiger partial charge in [-0.1, -0.05) is 42.5 Å².